The molecule has 5 heteroatoms. The molecule has 0 saturated carbocycles. The van der Waals surface area contributed by atoms with Gasteiger partial charge in [-0.1, -0.05) is 36.4 Å². The fourth-order valence-electron chi connectivity index (χ4n) is 2.44. The van der Waals surface area contributed by atoms with Gasteiger partial charge in [-0.05, 0) is 29.6 Å². The molecule has 0 fully saturated rings. The summed E-state index contributed by atoms with van der Waals surface area (Å²) in [7, 11) is 1.64. The first kappa shape index (κ1) is 17.6. The number of rotatable bonds is 7. The lowest BCUT2D eigenvalue weighted by atomic mass is 10.1. The predicted octanol–water partition coefficient (Wildman–Crippen LogP) is 4.98. The van der Waals surface area contributed by atoms with Gasteiger partial charge in [-0.2, -0.15) is 0 Å². The van der Waals surface area contributed by atoms with Gasteiger partial charge in [-0.25, -0.2) is 0 Å². The monoisotopic (exact) mass is 369 g/mol. The first-order valence-corrected chi connectivity index (χ1v) is 9.79. The van der Waals surface area contributed by atoms with Crippen LogP contribution in [0.1, 0.15) is 20.8 Å². The van der Waals surface area contributed by atoms with E-state index in [0.29, 0.717) is 12.1 Å². The van der Waals surface area contributed by atoms with Crippen molar-refractivity contribution in [1.29, 1.82) is 0 Å². The lowest BCUT2D eigenvalue weighted by Gasteiger charge is -2.11. The van der Waals surface area contributed by atoms with Crippen molar-refractivity contribution >= 4 is 29.0 Å². The van der Waals surface area contributed by atoms with Crippen LogP contribution in [-0.2, 0) is 12.3 Å². The highest BCUT2D eigenvalue weighted by Gasteiger charge is 2.12. The molecule has 0 unspecified atom stereocenters. The molecule has 128 valence electrons. The van der Waals surface area contributed by atoms with E-state index in [0.717, 1.165) is 22.0 Å². The van der Waals surface area contributed by atoms with Crippen LogP contribution in [-0.4, -0.2) is 13.0 Å². The van der Waals surface area contributed by atoms with E-state index < -0.39 is 0 Å². The number of hydrogen-bond acceptors (Lipinski definition) is 4. The summed E-state index contributed by atoms with van der Waals surface area (Å²) in [6.07, 6.45) is 0. The molecule has 0 bridgehead atoms. The fourth-order valence-corrected chi connectivity index (χ4v) is 4.27. The minimum atomic E-state index is -0.0693. The number of carbonyl (C=O) groups is 1. The molecular formula is C20H19NO2S2. The summed E-state index contributed by atoms with van der Waals surface area (Å²) < 4.78 is 5.33. The van der Waals surface area contributed by atoms with Crippen molar-refractivity contribution in [2.45, 2.75) is 17.2 Å². The average Bonchev–Trinajstić information content (AvgIpc) is 3.18. The number of hydrogen-bond donors (Lipinski definition) is 1. The Morgan fingerprint density at radius 3 is 2.68 bits per heavy atom. The van der Waals surface area contributed by atoms with Crippen LogP contribution < -0.4 is 10.1 Å². The summed E-state index contributed by atoms with van der Waals surface area (Å²) >= 11 is 3.42. The Hall–Kier alpha value is -2.24. The largest absolute Gasteiger partial charge is 0.496 e. The SMILES string of the molecule is COc1ccccc1CNC(=O)c1ccccc1SCc1cccs1. The van der Waals surface area contributed by atoms with Crippen LogP contribution in [0, 0.1) is 0 Å². The lowest BCUT2D eigenvalue weighted by molar-refractivity contribution is 0.0948. The number of para-hydroxylation sites is 1. The Bertz CT molecular complexity index is 831. The first-order chi connectivity index (χ1) is 12.3. The molecule has 3 nitrogen and oxygen atoms in total. The van der Waals surface area contributed by atoms with Crippen LogP contribution in [0.5, 0.6) is 5.75 Å². The van der Waals surface area contributed by atoms with Crippen LogP contribution in [0.2, 0.25) is 0 Å². The number of nitrogens with one attached hydrogen (secondary N) is 1. The number of amides is 1. The molecule has 0 aliphatic rings. The highest BCUT2D eigenvalue weighted by atomic mass is 32.2. The quantitative estimate of drug-likeness (QED) is 0.597. The number of thioether (sulfide) groups is 1. The van der Waals surface area contributed by atoms with E-state index in [2.05, 4.69) is 16.8 Å². The molecule has 1 amide bonds. The van der Waals surface area contributed by atoms with Gasteiger partial charge < -0.3 is 10.1 Å². The van der Waals surface area contributed by atoms with Gasteiger partial charge in [0.1, 0.15) is 5.75 Å². The van der Waals surface area contributed by atoms with E-state index in [1.807, 2.05) is 54.6 Å². The van der Waals surface area contributed by atoms with Crippen molar-refractivity contribution in [3.8, 4) is 5.75 Å². The summed E-state index contributed by atoms with van der Waals surface area (Å²) in [4.78, 5) is 14.9. The van der Waals surface area contributed by atoms with Crippen molar-refractivity contribution in [3.63, 3.8) is 0 Å². The van der Waals surface area contributed by atoms with Gasteiger partial charge in [0, 0.05) is 27.6 Å². The van der Waals surface area contributed by atoms with Crippen LogP contribution in [0.3, 0.4) is 0 Å². The summed E-state index contributed by atoms with van der Waals surface area (Å²) in [5.74, 6) is 1.58. The maximum atomic E-state index is 12.6. The zero-order chi connectivity index (χ0) is 17.5. The molecule has 0 atom stereocenters. The van der Waals surface area contributed by atoms with E-state index in [-0.39, 0.29) is 5.91 Å². The minimum absolute atomic E-state index is 0.0693. The Labute approximate surface area is 156 Å². The topological polar surface area (TPSA) is 38.3 Å². The maximum Gasteiger partial charge on any atom is 0.252 e. The molecule has 0 saturated heterocycles. The molecule has 0 aliphatic heterocycles. The second-order valence-electron chi connectivity index (χ2n) is 5.36. The van der Waals surface area contributed by atoms with Gasteiger partial charge in [-0.15, -0.1) is 23.1 Å². The van der Waals surface area contributed by atoms with Gasteiger partial charge >= 0.3 is 0 Å². The van der Waals surface area contributed by atoms with E-state index in [4.69, 9.17) is 4.74 Å². The minimum Gasteiger partial charge on any atom is -0.496 e. The number of benzene rings is 2. The molecular weight excluding hydrogens is 350 g/mol. The van der Waals surface area contributed by atoms with Crippen molar-refractivity contribution in [1.82, 2.24) is 5.32 Å². The highest BCUT2D eigenvalue weighted by Crippen LogP contribution is 2.28. The smallest absolute Gasteiger partial charge is 0.252 e. The van der Waals surface area contributed by atoms with Gasteiger partial charge in [0.2, 0.25) is 0 Å². The predicted molar refractivity (Wildman–Crippen MR) is 104 cm³/mol. The van der Waals surface area contributed by atoms with Crippen molar-refractivity contribution in [2.75, 3.05) is 7.11 Å². The molecule has 1 heterocycles. The van der Waals surface area contributed by atoms with Crippen LogP contribution in [0.4, 0.5) is 0 Å². The second-order valence-corrected chi connectivity index (χ2v) is 7.41. The number of thiophene rings is 1. The van der Waals surface area contributed by atoms with Gasteiger partial charge in [0.15, 0.2) is 0 Å². The number of methoxy groups -OCH3 is 1. The third-order valence-electron chi connectivity index (χ3n) is 3.71. The van der Waals surface area contributed by atoms with Crippen LogP contribution in [0.25, 0.3) is 0 Å². The van der Waals surface area contributed by atoms with Crippen molar-refractivity contribution in [2.24, 2.45) is 0 Å². The first-order valence-electron chi connectivity index (χ1n) is 7.92. The normalized spacial score (nSPS) is 10.4. The number of ether oxygens (including phenoxy) is 1. The fraction of sp³-hybridized carbons (Fsp3) is 0.150. The Balaban J connectivity index is 1.67. The molecule has 3 rings (SSSR count). The molecule has 1 aromatic heterocycles. The standard InChI is InChI=1S/C20H19NO2S2/c1-23-18-10-4-2-7-15(18)13-21-20(22)17-9-3-5-11-19(17)25-14-16-8-6-12-24-16/h2-12H,13-14H2,1H3,(H,21,22). The van der Waals surface area contributed by atoms with Gasteiger partial charge in [0.25, 0.3) is 5.91 Å². The molecule has 0 spiro atoms. The van der Waals surface area contributed by atoms with E-state index in [1.54, 1.807) is 30.2 Å². The molecule has 1 N–H and O–H groups in total. The Morgan fingerprint density at radius 2 is 1.88 bits per heavy atom. The third-order valence-corrected chi connectivity index (χ3v) is 5.90. The molecule has 2 aromatic carbocycles. The maximum absolute atomic E-state index is 12.6. The summed E-state index contributed by atoms with van der Waals surface area (Å²) in [6, 6.07) is 19.6. The summed E-state index contributed by atoms with van der Waals surface area (Å²) in [6.45, 7) is 0.437. The van der Waals surface area contributed by atoms with Crippen molar-refractivity contribution in [3.05, 3.63) is 82.0 Å². The van der Waals surface area contributed by atoms with E-state index in [9.17, 15) is 4.79 Å². The average molecular weight is 370 g/mol. The number of carbonyl (C=O) groups excluding carboxylic acids is 1. The highest BCUT2D eigenvalue weighted by molar-refractivity contribution is 7.98. The molecule has 25 heavy (non-hydrogen) atoms. The zero-order valence-electron chi connectivity index (χ0n) is 13.9. The summed E-state index contributed by atoms with van der Waals surface area (Å²) in [5, 5.41) is 5.07. The Kier molecular flexibility index (Phi) is 6.14. The van der Waals surface area contributed by atoms with Crippen LogP contribution in [0.15, 0.2) is 70.9 Å². The Morgan fingerprint density at radius 1 is 1.08 bits per heavy atom. The van der Waals surface area contributed by atoms with Crippen LogP contribution >= 0.6 is 23.1 Å². The van der Waals surface area contributed by atoms with E-state index in [1.165, 1.54) is 4.88 Å². The van der Waals surface area contributed by atoms with Gasteiger partial charge in [-0.3, -0.25) is 4.79 Å². The summed E-state index contributed by atoms with van der Waals surface area (Å²) in [5.41, 5.74) is 1.67. The van der Waals surface area contributed by atoms with Crippen molar-refractivity contribution < 1.29 is 9.53 Å². The second kappa shape index (κ2) is 8.74. The molecule has 0 aliphatic carbocycles. The zero-order valence-corrected chi connectivity index (χ0v) is 15.5. The van der Waals surface area contributed by atoms with E-state index >= 15 is 0 Å². The third kappa shape index (κ3) is 4.65. The molecule has 3 aromatic rings. The van der Waals surface area contributed by atoms with Gasteiger partial charge in [0.05, 0.1) is 12.7 Å². The lowest BCUT2D eigenvalue weighted by Crippen LogP contribution is -2.23. The molecule has 0 radical (unpaired) electrons.